The van der Waals surface area contributed by atoms with Gasteiger partial charge in [0.15, 0.2) is 0 Å². The Morgan fingerprint density at radius 2 is 2.07 bits per heavy atom. The Bertz CT molecular complexity index is 276. The van der Waals surface area contributed by atoms with E-state index in [1.54, 1.807) is 12.1 Å². The summed E-state index contributed by atoms with van der Waals surface area (Å²) in [5, 5.41) is 0. The molecule has 0 saturated carbocycles. The first-order valence-corrected chi connectivity index (χ1v) is 4.85. The van der Waals surface area contributed by atoms with Crippen LogP contribution in [0.4, 0.5) is 4.39 Å². The summed E-state index contributed by atoms with van der Waals surface area (Å²) in [6.45, 7) is 0.460. The van der Waals surface area contributed by atoms with Gasteiger partial charge in [-0.1, -0.05) is 22.0 Å². The van der Waals surface area contributed by atoms with Gasteiger partial charge >= 0.3 is 0 Å². The van der Waals surface area contributed by atoms with Crippen LogP contribution in [0.1, 0.15) is 18.0 Å². The molecule has 2 nitrogen and oxygen atoms in total. The lowest BCUT2D eigenvalue weighted by molar-refractivity contribution is 0.565. The van der Waals surface area contributed by atoms with Crippen molar-refractivity contribution in [2.24, 2.45) is 11.5 Å². The quantitative estimate of drug-likeness (QED) is 0.895. The smallest absolute Gasteiger partial charge is 0.129 e. The second-order valence-electron chi connectivity index (χ2n) is 2.82. The second-order valence-corrected chi connectivity index (χ2v) is 3.67. The van der Waals surface area contributed by atoms with Crippen molar-refractivity contribution in [1.82, 2.24) is 0 Å². The molecule has 0 radical (unpaired) electrons. The third kappa shape index (κ3) is 3.20. The largest absolute Gasteiger partial charge is 0.330 e. The highest BCUT2D eigenvalue weighted by Crippen LogP contribution is 2.26. The molecular weight excluding hydrogens is 270 g/mol. The number of hydrogen-bond donors (Lipinski definition) is 2. The summed E-state index contributed by atoms with van der Waals surface area (Å²) < 4.78 is 14.0. The summed E-state index contributed by atoms with van der Waals surface area (Å²) in [6.07, 6.45) is 0.583. The summed E-state index contributed by atoms with van der Waals surface area (Å²) in [7, 11) is 0. The van der Waals surface area contributed by atoms with E-state index in [-0.39, 0.29) is 24.3 Å². The molecule has 1 atom stereocenters. The van der Waals surface area contributed by atoms with Gasteiger partial charge < -0.3 is 11.5 Å². The van der Waals surface area contributed by atoms with E-state index < -0.39 is 0 Å². The van der Waals surface area contributed by atoms with Gasteiger partial charge in [0.2, 0.25) is 0 Å². The van der Waals surface area contributed by atoms with Crippen LogP contribution in [0.25, 0.3) is 0 Å². The summed E-state index contributed by atoms with van der Waals surface area (Å²) in [5.41, 5.74) is 11.6. The lowest BCUT2D eigenvalue weighted by atomic mass is 10.0. The van der Waals surface area contributed by atoms with Crippen LogP contribution in [0, 0.1) is 5.82 Å². The maximum absolute atomic E-state index is 13.3. The Hall–Kier alpha value is -0.160. The zero-order chi connectivity index (χ0) is 9.84. The van der Waals surface area contributed by atoms with Crippen molar-refractivity contribution in [3.05, 3.63) is 34.1 Å². The van der Waals surface area contributed by atoms with Gasteiger partial charge in [-0.3, -0.25) is 0 Å². The van der Waals surface area contributed by atoms with Gasteiger partial charge in [-0.2, -0.15) is 0 Å². The van der Waals surface area contributed by atoms with E-state index in [2.05, 4.69) is 15.9 Å². The van der Waals surface area contributed by atoms with Crippen molar-refractivity contribution in [3.63, 3.8) is 0 Å². The first kappa shape index (κ1) is 13.8. The highest BCUT2D eigenvalue weighted by molar-refractivity contribution is 9.10. The molecule has 0 amide bonds. The highest BCUT2D eigenvalue weighted by atomic mass is 79.9. The zero-order valence-electron chi connectivity index (χ0n) is 7.54. The molecule has 1 rings (SSSR count). The Morgan fingerprint density at radius 1 is 1.43 bits per heavy atom. The Morgan fingerprint density at radius 3 is 2.57 bits per heavy atom. The van der Waals surface area contributed by atoms with Crippen molar-refractivity contribution in [3.8, 4) is 0 Å². The van der Waals surface area contributed by atoms with E-state index in [1.807, 2.05) is 0 Å². The minimum Gasteiger partial charge on any atom is -0.330 e. The molecule has 0 aliphatic rings. The third-order valence-electron chi connectivity index (χ3n) is 1.85. The van der Waals surface area contributed by atoms with Crippen LogP contribution >= 0.6 is 28.3 Å². The normalized spacial score (nSPS) is 12.0. The summed E-state index contributed by atoms with van der Waals surface area (Å²) in [6, 6.07) is 4.48. The standard InChI is InChI=1S/C9H12BrFN2.ClH/c10-6-2-1-3-7(11)9(6)8(13)4-5-12;/h1-3,8H,4-5,12-13H2;1H/t8-;/m1./s1. The van der Waals surface area contributed by atoms with Crippen LogP contribution in [0.3, 0.4) is 0 Å². The summed E-state index contributed by atoms with van der Waals surface area (Å²) in [4.78, 5) is 0. The van der Waals surface area contributed by atoms with Gasteiger partial charge in [-0.25, -0.2) is 4.39 Å². The minimum atomic E-state index is -0.333. The van der Waals surface area contributed by atoms with Crippen molar-refractivity contribution in [2.45, 2.75) is 12.5 Å². The predicted octanol–water partition coefficient (Wildman–Crippen LogP) is 2.36. The molecule has 0 heterocycles. The van der Waals surface area contributed by atoms with Gasteiger partial charge in [0.1, 0.15) is 5.82 Å². The zero-order valence-corrected chi connectivity index (χ0v) is 9.94. The van der Waals surface area contributed by atoms with Gasteiger partial charge in [0.05, 0.1) is 0 Å². The molecule has 0 fully saturated rings. The van der Waals surface area contributed by atoms with E-state index in [4.69, 9.17) is 11.5 Å². The molecule has 1 aromatic rings. The second kappa shape index (κ2) is 6.35. The molecule has 80 valence electrons. The van der Waals surface area contributed by atoms with Gasteiger partial charge in [-0.05, 0) is 25.1 Å². The Balaban J connectivity index is 0.00000169. The van der Waals surface area contributed by atoms with E-state index in [1.165, 1.54) is 6.07 Å². The van der Waals surface area contributed by atoms with Crippen LogP contribution in [-0.2, 0) is 0 Å². The number of halogens is 3. The number of rotatable bonds is 3. The minimum absolute atomic E-state index is 0. The van der Waals surface area contributed by atoms with Crippen LogP contribution in [0.2, 0.25) is 0 Å². The lowest BCUT2D eigenvalue weighted by Gasteiger charge is -2.13. The first-order valence-electron chi connectivity index (χ1n) is 4.06. The van der Waals surface area contributed by atoms with Crippen LogP contribution < -0.4 is 11.5 Å². The van der Waals surface area contributed by atoms with Crippen molar-refractivity contribution in [1.29, 1.82) is 0 Å². The molecule has 5 heteroatoms. The fourth-order valence-corrected chi connectivity index (χ4v) is 1.82. The van der Waals surface area contributed by atoms with E-state index >= 15 is 0 Å². The van der Waals surface area contributed by atoms with Gasteiger partial charge in [-0.15, -0.1) is 12.4 Å². The molecule has 0 saturated heterocycles. The van der Waals surface area contributed by atoms with Crippen molar-refractivity contribution < 1.29 is 4.39 Å². The molecule has 0 aromatic heterocycles. The Labute approximate surface area is 97.4 Å². The third-order valence-corrected chi connectivity index (χ3v) is 2.54. The molecular formula is C9H13BrClFN2. The average molecular weight is 284 g/mol. The van der Waals surface area contributed by atoms with Crippen molar-refractivity contribution >= 4 is 28.3 Å². The molecule has 14 heavy (non-hydrogen) atoms. The number of benzene rings is 1. The number of hydrogen-bond acceptors (Lipinski definition) is 2. The molecule has 0 aliphatic heterocycles. The molecule has 4 N–H and O–H groups in total. The van der Waals surface area contributed by atoms with Crippen LogP contribution in [0.15, 0.2) is 22.7 Å². The first-order chi connectivity index (χ1) is 6.16. The molecule has 0 spiro atoms. The average Bonchev–Trinajstić information content (AvgIpc) is 2.04. The molecule has 0 aliphatic carbocycles. The fraction of sp³-hybridized carbons (Fsp3) is 0.333. The summed E-state index contributed by atoms with van der Waals surface area (Å²) >= 11 is 3.26. The maximum Gasteiger partial charge on any atom is 0.129 e. The maximum atomic E-state index is 13.3. The molecule has 1 aromatic carbocycles. The fourth-order valence-electron chi connectivity index (χ4n) is 1.19. The van der Waals surface area contributed by atoms with Gasteiger partial charge in [0, 0.05) is 16.1 Å². The highest BCUT2D eigenvalue weighted by Gasteiger charge is 2.13. The van der Waals surface area contributed by atoms with Crippen LogP contribution in [0.5, 0.6) is 0 Å². The predicted molar refractivity (Wildman–Crippen MR) is 61.9 cm³/mol. The number of nitrogens with two attached hydrogens (primary N) is 2. The topological polar surface area (TPSA) is 52.0 Å². The summed E-state index contributed by atoms with van der Waals surface area (Å²) in [5.74, 6) is -0.282. The van der Waals surface area contributed by atoms with Crippen LogP contribution in [-0.4, -0.2) is 6.54 Å². The van der Waals surface area contributed by atoms with Crippen molar-refractivity contribution in [2.75, 3.05) is 6.54 Å². The SMILES string of the molecule is Cl.NCC[C@@H](N)c1c(F)cccc1Br. The van der Waals surface area contributed by atoms with Gasteiger partial charge in [0.25, 0.3) is 0 Å². The lowest BCUT2D eigenvalue weighted by Crippen LogP contribution is -2.17. The molecule has 0 unspecified atom stereocenters. The van der Waals surface area contributed by atoms with E-state index in [0.29, 0.717) is 23.0 Å². The van der Waals surface area contributed by atoms with E-state index in [0.717, 1.165) is 0 Å². The monoisotopic (exact) mass is 282 g/mol. The van der Waals surface area contributed by atoms with E-state index in [9.17, 15) is 4.39 Å². The molecule has 0 bridgehead atoms. The Kier molecular flexibility index (Phi) is 6.27.